The first kappa shape index (κ1) is 15.4. The van der Waals surface area contributed by atoms with E-state index in [0.717, 1.165) is 32.7 Å². The Morgan fingerprint density at radius 3 is 2.70 bits per heavy atom. The SMILES string of the molecule is CC(CN1CCCN(C)CC1)C(N)c1ccccc1F. The molecule has 0 radical (unpaired) electrons. The number of rotatable bonds is 4. The van der Waals surface area contributed by atoms with Crippen LogP contribution in [0.15, 0.2) is 24.3 Å². The van der Waals surface area contributed by atoms with Crippen molar-refractivity contribution in [3.05, 3.63) is 35.6 Å². The molecule has 20 heavy (non-hydrogen) atoms. The van der Waals surface area contributed by atoms with E-state index in [1.54, 1.807) is 12.1 Å². The van der Waals surface area contributed by atoms with E-state index in [0.29, 0.717) is 5.56 Å². The maximum Gasteiger partial charge on any atom is 0.127 e. The highest BCUT2D eigenvalue weighted by Crippen LogP contribution is 2.23. The molecule has 4 heteroatoms. The van der Waals surface area contributed by atoms with Crippen molar-refractivity contribution in [2.45, 2.75) is 19.4 Å². The van der Waals surface area contributed by atoms with Gasteiger partial charge in [-0.15, -0.1) is 0 Å². The molecule has 1 saturated heterocycles. The Balaban J connectivity index is 1.94. The molecule has 1 aliphatic heterocycles. The third kappa shape index (κ3) is 4.01. The van der Waals surface area contributed by atoms with E-state index in [9.17, 15) is 4.39 Å². The highest BCUT2D eigenvalue weighted by atomic mass is 19.1. The van der Waals surface area contributed by atoms with Gasteiger partial charge >= 0.3 is 0 Å². The first-order chi connectivity index (χ1) is 9.58. The van der Waals surface area contributed by atoms with E-state index in [2.05, 4.69) is 23.8 Å². The van der Waals surface area contributed by atoms with E-state index >= 15 is 0 Å². The van der Waals surface area contributed by atoms with Crippen LogP contribution in [0.25, 0.3) is 0 Å². The molecule has 2 atom stereocenters. The quantitative estimate of drug-likeness (QED) is 0.916. The van der Waals surface area contributed by atoms with Gasteiger partial charge in [-0.1, -0.05) is 25.1 Å². The number of hydrogen-bond acceptors (Lipinski definition) is 3. The molecule has 112 valence electrons. The number of nitrogens with two attached hydrogens (primary N) is 1. The van der Waals surface area contributed by atoms with Gasteiger partial charge in [0.25, 0.3) is 0 Å². The summed E-state index contributed by atoms with van der Waals surface area (Å²) in [5.74, 6) is 0.0535. The standard InChI is InChI=1S/C16H26FN3/c1-13(12-20-9-5-8-19(2)10-11-20)16(18)14-6-3-4-7-15(14)17/h3-4,6-7,13,16H,5,8-12,18H2,1-2H3. The van der Waals surface area contributed by atoms with Gasteiger partial charge in [0.15, 0.2) is 0 Å². The lowest BCUT2D eigenvalue weighted by atomic mass is 9.94. The molecule has 1 aromatic carbocycles. The zero-order valence-corrected chi connectivity index (χ0v) is 12.6. The predicted octanol–water partition coefficient (Wildman–Crippen LogP) is 2.10. The van der Waals surface area contributed by atoms with Crippen LogP contribution in [-0.2, 0) is 0 Å². The van der Waals surface area contributed by atoms with Gasteiger partial charge in [-0.25, -0.2) is 4.39 Å². The summed E-state index contributed by atoms with van der Waals surface area (Å²) in [6.07, 6.45) is 1.19. The van der Waals surface area contributed by atoms with Crippen molar-refractivity contribution >= 4 is 0 Å². The molecule has 3 nitrogen and oxygen atoms in total. The summed E-state index contributed by atoms with van der Waals surface area (Å²) in [5, 5.41) is 0. The minimum atomic E-state index is -0.239. The average Bonchev–Trinajstić information content (AvgIpc) is 2.63. The van der Waals surface area contributed by atoms with Gasteiger partial charge in [0.1, 0.15) is 5.82 Å². The van der Waals surface area contributed by atoms with Crippen LogP contribution in [0.3, 0.4) is 0 Å². The van der Waals surface area contributed by atoms with Crippen molar-refractivity contribution < 1.29 is 4.39 Å². The molecule has 1 fully saturated rings. The van der Waals surface area contributed by atoms with Crippen LogP contribution in [0.4, 0.5) is 4.39 Å². The second-order valence-corrected chi connectivity index (χ2v) is 5.98. The molecule has 0 aliphatic carbocycles. The second-order valence-electron chi connectivity index (χ2n) is 5.98. The Morgan fingerprint density at radius 1 is 1.20 bits per heavy atom. The summed E-state index contributed by atoms with van der Waals surface area (Å²) in [6.45, 7) is 7.49. The highest BCUT2D eigenvalue weighted by Gasteiger charge is 2.21. The van der Waals surface area contributed by atoms with Crippen LogP contribution in [0.5, 0.6) is 0 Å². The Kier molecular flexibility index (Phi) is 5.52. The topological polar surface area (TPSA) is 32.5 Å². The lowest BCUT2D eigenvalue weighted by Gasteiger charge is -2.28. The third-order valence-electron chi connectivity index (χ3n) is 4.24. The van der Waals surface area contributed by atoms with E-state index in [4.69, 9.17) is 5.73 Å². The number of likely N-dealkylation sites (N-methyl/N-ethyl adjacent to an activating group) is 1. The number of halogens is 1. The molecule has 0 amide bonds. The van der Waals surface area contributed by atoms with Crippen LogP contribution in [-0.4, -0.2) is 49.6 Å². The average molecular weight is 279 g/mol. The Bertz CT molecular complexity index is 424. The zero-order valence-electron chi connectivity index (χ0n) is 12.6. The van der Waals surface area contributed by atoms with Gasteiger partial charge in [0.2, 0.25) is 0 Å². The van der Waals surface area contributed by atoms with E-state index in [1.165, 1.54) is 12.5 Å². The first-order valence-corrected chi connectivity index (χ1v) is 7.49. The molecule has 2 rings (SSSR count). The summed E-state index contributed by atoms with van der Waals surface area (Å²) >= 11 is 0. The highest BCUT2D eigenvalue weighted by molar-refractivity contribution is 5.21. The van der Waals surface area contributed by atoms with Crippen LogP contribution in [0.2, 0.25) is 0 Å². The van der Waals surface area contributed by atoms with E-state index < -0.39 is 0 Å². The van der Waals surface area contributed by atoms with Gasteiger partial charge in [0.05, 0.1) is 0 Å². The van der Waals surface area contributed by atoms with Crippen LogP contribution in [0.1, 0.15) is 24.9 Å². The summed E-state index contributed by atoms with van der Waals surface area (Å²) < 4.78 is 13.8. The molecular formula is C16H26FN3. The van der Waals surface area contributed by atoms with Crippen molar-refractivity contribution in [1.82, 2.24) is 9.80 Å². The van der Waals surface area contributed by atoms with Crippen LogP contribution in [0, 0.1) is 11.7 Å². The number of hydrogen-bond donors (Lipinski definition) is 1. The zero-order chi connectivity index (χ0) is 14.5. The fourth-order valence-electron chi connectivity index (χ4n) is 2.86. The van der Waals surface area contributed by atoms with E-state index in [-0.39, 0.29) is 17.8 Å². The van der Waals surface area contributed by atoms with Crippen molar-refractivity contribution in [1.29, 1.82) is 0 Å². The molecule has 1 aliphatic rings. The summed E-state index contributed by atoms with van der Waals surface area (Å²) in [7, 11) is 2.16. The Morgan fingerprint density at radius 2 is 1.95 bits per heavy atom. The summed E-state index contributed by atoms with van der Waals surface area (Å²) in [4.78, 5) is 4.82. The van der Waals surface area contributed by atoms with Gasteiger partial charge in [-0.3, -0.25) is 0 Å². The molecule has 1 aromatic rings. The van der Waals surface area contributed by atoms with Crippen molar-refractivity contribution in [3.8, 4) is 0 Å². The molecule has 0 spiro atoms. The van der Waals surface area contributed by atoms with E-state index in [1.807, 2.05) is 6.07 Å². The number of benzene rings is 1. The minimum Gasteiger partial charge on any atom is -0.324 e. The lowest BCUT2D eigenvalue weighted by molar-refractivity contribution is 0.226. The lowest BCUT2D eigenvalue weighted by Crippen LogP contribution is -2.36. The molecular weight excluding hydrogens is 253 g/mol. The maximum atomic E-state index is 13.8. The summed E-state index contributed by atoms with van der Waals surface area (Å²) in [6, 6.07) is 6.61. The Labute approximate surface area is 121 Å². The van der Waals surface area contributed by atoms with Crippen molar-refractivity contribution in [2.75, 3.05) is 39.8 Å². The number of nitrogens with zero attached hydrogens (tertiary/aromatic N) is 2. The molecule has 2 unspecified atom stereocenters. The monoisotopic (exact) mass is 279 g/mol. The van der Waals surface area contributed by atoms with Crippen LogP contribution < -0.4 is 5.73 Å². The predicted molar refractivity (Wildman–Crippen MR) is 81.0 cm³/mol. The fraction of sp³-hybridized carbons (Fsp3) is 0.625. The smallest absolute Gasteiger partial charge is 0.127 e. The molecule has 0 bridgehead atoms. The second kappa shape index (κ2) is 7.16. The normalized spacial score (nSPS) is 21.4. The van der Waals surface area contributed by atoms with Crippen molar-refractivity contribution in [2.24, 2.45) is 11.7 Å². The maximum absolute atomic E-state index is 13.8. The van der Waals surface area contributed by atoms with Crippen LogP contribution >= 0.6 is 0 Å². The molecule has 2 N–H and O–H groups in total. The fourth-order valence-corrected chi connectivity index (χ4v) is 2.86. The Hall–Kier alpha value is -0.970. The summed E-state index contributed by atoms with van der Waals surface area (Å²) in [5.41, 5.74) is 6.88. The molecule has 0 saturated carbocycles. The molecule has 1 heterocycles. The largest absolute Gasteiger partial charge is 0.324 e. The van der Waals surface area contributed by atoms with Gasteiger partial charge in [0, 0.05) is 31.2 Å². The first-order valence-electron chi connectivity index (χ1n) is 7.49. The van der Waals surface area contributed by atoms with Gasteiger partial charge in [-0.2, -0.15) is 0 Å². The third-order valence-corrected chi connectivity index (χ3v) is 4.24. The van der Waals surface area contributed by atoms with Crippen molar-refractivity contribution in [3.63, 3.8) is 0 Å². The molecule has 0 aromatic heterocycles. The van der Waals surface area contributed by atoms with Gasteiger partial charge < -0.3 is 15.5 Å². The minimum absolute atomic E-state index is 0.192. The van der Waals surface area contributed by atoms with Gasteiger partial charge in [-0.05, 0) is 38.5 Å².